The van der Waals surface area contributed by atoms with Crippen LogP contribution in [-0.4, -0.2) is 35.4 Å². The number of carbonyl (C=O) groups excluding carboxylic acids is 2. The highest BCUT2D eigenvalue weighted by molar-refractivity contribution is 9.10. The van der Waals surface area contributed by atoms with E-state index in [1.54, 1.807) is 11.0 Å². The highest BCUT2D eigenvalue weighted by Gasteiger charge is 2.31. The number of nitrogens with zero attached hydrogens (tertiary/aromatic N) is 1. The first-order valence-electron chi connectivity index (χ1n) is 13.0. The van der Waals surface area contributed by atoms with E-state index in [2.05, 4.69) is 35.1 Å². The van der Waals surface area contributed by atoms with Crippen LogP contribution in [0.2, 0.25) is 5.02 Å². The predicted octanol–water partition coefficient (Wildman–Crippen LogP) is 7.16. The highest BCUT2D eigenvalue weighted by atomic mass is 79.9. The van der Waals surface area contributed by atoms with Gasteiger partial charge >= 0.3 is 0 Å². The van der Waals surface area contributed by atoms with E-state index in [1.807, 2.05) is 80.6 Å². The van der Waals surface area contributed by atoms with E-state index in [4.69, 9.17) is 16.3 Å². The van der Waals surface area contributed by atoms with Gasteiger partial charge in [-0.3, -0.25) is 9.59 Å². The number of hydrogen-bond acceptors (Lipinski definition) is 3. The number of benzene rings is 3. The molecule has 2 amide bonds. The van der Waals surface area contributed by atoms with Crippen molar-refractivity contribution in [2.24, 2.45) is 0 Å². The van der Waals surface area contributed by atoms with Gasteiger partial charge in [-0.2, -0.15) is 0 Å². The molecule has 7 heteroatoms. The van der Waals surface area contributed by atoms with Gasteiger partial charge in [-0.15, -0.1) is 0 Å². The van der Waals surface area contributed by atoms with E-state index < -0.39 is 6.04 Å². The molecule has 0 aliphatic heterocycles. The molecule has 0 radical (unpaired) electrons. The van der Waals surface area contributed by atoms with Crippen LogP contribution in [0.3, 0.4) is 0 Å². The SMILES string of the molecule is CC[C@H](C)NC(=O)[C@H](Cc1ccccc1)N(Cc1ccccc1Cl)C(=O)COc1ccc(C(C)C)cc1Br. The molecule has 0 aliphatic rings. The smallest absolute Gasteiger partial charge is 0.261 e. The van der Waals surface area contributed by atoms with Crippen molar-refractivity contribution in [3.8, 4) is 5.75 Å². The van der Waals surface area contributed by atoms with E-state index in [9.17, 15) is 9.59 Å². The molecule has 0 bridgehead atoms. The second-order valence-electron chi connectivity index (χ2n) is 9.77. The number of ether oxygens (including phenoxy) is 1. The number of hydrogen-bond donors (Lipinski definition) is 1. The van der Waals surface area contributed by atoms with Crippen molar-refractivity contribution >= 4 is 39.3 Å². The topological polar surface area (TPSA) is 58.6 Å². The van der Waals surface area contributed by atoms with Crippen molar-refractivity contribution in [3.05, 3.63) is 99.0 Å². The Morgan fingerprint density at radius 1 is 1.00 bits per heavy atom. The summed E-state index contributed by atoms with van der Waals surface area (Å²) in [5, 5.41) is 3.61. The lowest BCUT2D eigenvalue weighted by atomic mass is 10.0. The summed E-state index contributed by atoms with van der Waals surface area (Å²) in [7, 11) is 0. The Balaban J connectivity index is 1.92. The Kier molecular flexibility index (Phi) is 11.2. The molecule has 0 aliphatic carbocycles. The van der Waals surface area contributed by atoms with Crippen LogP contribution < -0.4 is 10.1 Å². The predicted molar refractivity (Wildman–Crippen MR) is 158 cm³/mol. The van der Waals surface area contributed by atoms with E-state index >= 15 is 0 Å². The molecule has 5 nitrogen and oxygen atoms in total. The second kappa shape index (κ2) is 14.4. The first kappa shape index (κ1) is 29.7. The Bertz CT molecular complexity index is 1220. The molecule has 3 aromatic rings. The van der Waals surface area contributed by atoms with Crippen LogP contribution in [0, 0.1) is 0 Å². The average molecular weight is 600 g/mol. The summed E-state index contributed by atoms with van der Waals surface area (Å²) in [5.41, 5.74) is 2.89. The van der Waals surface area contributed by atoms with Gasteiger partial charge in [0.15, 0.2) is 6.61 Å². The van der Waals surface area contributed by atoms with Crippen molar-refractivity contribution in [2.75, 3.05) is 6.61 Å². The maximum atomic E-state index is 13.8. The first-order chi connectivity index (χ1) is 18.2. The Morgan fingerprint density at radius 3 is 2.32 bits per heavy atom. The van der Waals surface area contributed by atoms with Crippen LogP contribution in [0.15, 0.2) is 77.3 Å². The fraction of sp³-hybridized carbons (Fsp3) is 0.355. The minimum absolute atomic E-state index is 0.0234. The lowest BCUT2D eigenvalue weighted by Crippen LogP contribution is -2.53. The Morgan fingerprint density at radius 2 is 1.68 bits per heavy atom. The quantitative estimate of drug-likeness (QED) is 0.240. The summed E-state index contributed by atoms with van der Waals surface area (Å²) in [6.45, 7) is 8.18. The first-order valence-corrected chi connectivity index (χ1v) is 14.2. The zero-order chi connectivity index (χ0) is 27.7. The lowest BCUT2D eigenvalue weighted by Gasteiger charge is -2.32. The van der Waals surface area contributed by atoms with Gasteiger partial charge in [-0.05, 0) is 70.1 Å². The van der Waals surface area contributed by atoms with Gasteiger partial charge in [-0.25, -0.2) is 0 Å². The van der Waals surface area contributed by atoms with Gasteiger partial charge in [0.25, 0.3) is 5.91 Å². The van der Waals surface area contributed by atoms with Crippen molar-refractivity contribution in [3.63, 3.8) is 0 Å². The molecule has 3 aromatic carbocycles. The molecular formula is C31H36BrClN2O3. The van der Waals surface area contributed by atoms with Gasteiger partial charge < -0.3 is 15.0 Å². The van der Waals surface area contributed by atoms with Crippen LogP contribution in [0.1, 0.15) is 56.7 Å². The fourth-order valence-corrected chi connectivity index (χ4v) is 4.73. The maximum absolute atomic E-state index is 13.8. The van der Waals surface area contributed by atoms with Gasteiger partial charge in [0, 0.05) is 24.0 Å². The summed E-state index contributed by atoms with van der Waals surface area (Å²) in [4.78, 5) is 28.9. The molecule has 1 N–H and O–H groups in total. The van der Waals surface area contributed by atoms with Crippen molar-refractivity contribution in [1.82, 2.24) is 10.2 Å². The van der Waals surface area contributed by atoms with Gasteiger partial charge in [0.05, 0.1) is 4.47 Å². The van der Waals surface area contributed by atoms with Crippen LogP contribution in [0.25, 0.3) is 0 Å². The molecule has 3 rings (SSSR count). The molecule has 0 saturated carbocycles. The van der Waals surface area contributed by atoms with Gasteiger partial charge in [0.1, 0.15) is 11.8 Å². The zero-order valence-electron chi connectivity index (χ0n) is 22.4. The summed E-state index contributed by atoms with van der Waals surface area (Å²) in [6, 6.07) is 22.2. The van der Waals surface area contributed by atoms with Crippen molar-refractivity contribution in [1.29, 1.82) is 0 Å². The van der Waals surface area contributed by atoms with Crippen LogP contribution >= 0.6 is 27.5 Å². The molecule has 0 heterocycles. The maximum Gasteiger partial charge on any atom is 0.261 e. The average Bonchev–Trinajstić information content (AvgIpc) is 2.91. The number of nitrogens with one attached hydrogen (secondary N) is 1. The third-order valence-electron chi connectivity index (χ3n) is 6.54. The van der Waals surface area contributed by atoms with E-state index in [-0.39, 0.29) is 31.0 Å². The minimum Gasteiger partial charge on any atom is -0.483 e. The second-order valence-corrected chi connectivity index (χ2v) is 11.0. The molecule has 0 unspecified atom stereocenters. The molecule has 38 heavy (non-hydrogen) atoms. The van der Waals surface area contributed by atoms with Crippen molar-refractivity contribution in [2.45, 2.75) is 65.1 Å². The Hall–Kier alpha value is -2.83. The third kappa shape index (κ3) is 8.34. The zero-order valence-corrected chi connectivity index (χ0v) is 24.8. The molecule has 0 saturated heterocycles. The van der Waals surface area contributed by atoms with Gasteiger partial charge in [0.2, 0.25) is 5.91 Å². The molecule has 0 aromatic heterocycles. The van der Waals surface area contributed by atoms with Gasteiger partial charge in [-0.1, -0.05) is 87.0 Å². The molecule has 0 fully saturated rings. The molecular weight excluding hydrogens is 564 g/mol. The Labute approximate surface area is 239 Å². The third-order valence-corrected chi connectivity index (χ3v) is 7.53. The monoisotopic (exact) mass is 598 g/mol. The number of rotatable bonds is 12. The summed E-state index contributed by atoms with van der Waals surface area (Å²) in [5.74, 6) is 0.441. The van der Waals surface area contributed by atoms with E-state index in [0.717, 1.165) is 22.0 Å². The number of halogens is 2. The minimum atomic E-state index is -0.745. The van der Waals surface area contributed by atoms with Crippen LogP contribution in [0.5, 0.6) is 5.75 Å². The standard InChI is InChI=1S/C31H36BrClN2O3/c1-5-22(4)34-31(37)28(17-23-11-7-6-8-12-23)35(19-25-13-9-10-14-27(25)33)30(36)20-38-29-16-15-24(21(2)3)18-26(29)32/h6-16,18,21-22,28H,5,17,19-20H2,1-4H3,(H,34,37)/t22-,28-/m0/s1. The fourth-order valence-electron chi connectivity index (χ4n) is 4.02. The number of amides is 2. The van der Waals surface area contributed by atoms with E-state index in [1.165, 1.54) is 5.56 Å². The molecule has 2 atom stereocenters. The molecule has 202 valence electrons. The lowest BCUT2D eigenvalue weighted by molar-refractivity contribution is -0.143. The van der Waals surface area contributed by atoms with Crippen LogP contribution in [-0.2, 0) is 22.6 Å². The summed E-state index contributed by atoms with van der Waals surface area (Å²) < 4.78 is 6.74. The van der Waals surface area contributed by atoms with E-state index in [0.29, 0.717) is 23.1 Å². The largest absolute Gasteiger partial charge is 0.483 e. The van der Waals surface area contributed by atoms with Crippen molar-refractivity contribution < 1.29 is 14.3 Å². The summed E-state index contributed by atoms with van der Waals surface area (Å²) >= 11 is 10.0. The normalized spacial score (nSPS) is 12.6. The highest BCUT2D eigenvalue weighted by Crippen LogP contribution is 2.29. The number of carbonyl (C=O) groups is 2. The summed E-state index contributed by atoms with van der Waals surface area (Å²) in [6.07, 6.45) is 1.15. The van der Waals surface area contributed by atoms with Crippen LogP contribution in [0.4, 0.5) is 0 Å². The molecule has 0 spiro atoms.